The molecule has 0 spiro atoms. The number of amides is 1. The van der Waals surface area contributed by atoms with Crippen LogP contribution in [0.2, 0.25) is 0 Å². The van der Waals surface area contributed by atoms with Crippen molar-refractivity contribution in [2.45, 2.75) is 24.5 Å². The minimum Gasteiger partial charge on any atom is -0.507 e. The van der Waals surface area contributed by atoms with Crippen LogP contribution in [-0.4, -0.2) is 76.9 Å². The number of Topliss-reactive ketones (excluding diaryl/α,β-unsaturated/α-hetero) is 4. The van der Waals surface area contributed by atoms with Crippen molar-refractivity contribution in [3.05, 3.63) is 26.8 Å². The molecule has 3 N–H and O–H groups in total. The number of carbonyl (C=O) groups excluding carboxylic acids is 5. The fourth-order valence-electron chi connectivity index (χ4n) is 5.69. The van der Waals surface area contributed by atoms with Gasteiger partial charge in [0.25, 0.3) is 0 Å². The summed E-state index contributed by atoms with van der Waals surface area (Å²) in [6.45, 7) is 0. The van der Waals surface area contributed by atoms with E-state index in [0.717, 1.165) is 3.57 Å². The number of carbonyl (C=O) groups is 5. The number of ketones is 4. The van der Waals surface area contributed by atoms with Gasteiger partial charge < -0.3 is 15.5 Å². The van der Waals surface area contributed by atoms with Crippen molar-refractivity contribution in [2.75, 3.05) is 21.1 Å². The van der Waals surface area contributed by atoms with Gasteiger partial charge in [0.15, 0.2) is 34.7 Å². The maximum Gasteiger partial charge on any atom is 0.238 e. The highest BCUT2D eigenvalue weighted by molar-refractivity contribution is 14.1. The third-order valence-corrected chi connectivity index (χ3v) is 8.12. The van der Waals surface area contributed by atoms with E-state index in [1.807, 2.05) is 0 Å². The van der Waals surface area contributed by atoms with Crippen LogP contribution >= 0.6 is 22.6 Å². The molecular weight excluding hydrogens is 531 g/mol. The van der Waals surface area contributed by atoms with E-state index in [1.54, 1.807) is 20.2 Å². The standard InChI is InChI=1S/C22H23IN2O7/c1-24-21(31)15-18(28)16(25(2)3)10-7-8-6-9-11(23)4-5-12(26)14(9)17(27)13(8)19(29)22(10,32)20(15)30/h4-5,8,10,13,15-16,26,32H,6-7H2,1-3H3,(H,24,31)/t8-,10-,13?,15?,16-,22-/m1/s1. The van der Waals surface area contributed by atoms with Crippen molar-refractivity contribution in [3.63, 3.8) is 0 Å². The van der Waals surface area contributed by atoms with Gasteiger partial charge in [-0.05, 0) is 73.1 Å². The lowest BCUT2D eigenvalue weighted by Gasteiger charge is -2.52. The predicted octanol–water partition coefficient (Wildman–Crippen LogP) is -0.268. The molecule has 1 amide bonds. The number of phenols is 1. The molecule has 0 aliphatic heterocycles. The monoisotopic (exact) mass is 554 g/mol. The number of fused-ring (bicyclic) bond motifs is 3. The summed E-state index contributed by atoms with van der Waals surface area (Å²) in [6, 6.07) is 2.00. The summed E-state index contributed by atoms with van der Waals surface area (Å²) in [5, 5.41) is 24.1. The first-order valence-electron chi connectivity index (χ1n) is 10.2. The molecule has 0 heterocycles. The van der Waals surface area contributed by atoms with Gasteiger partial charge in [-0.15, -0.1) is 0 Å². The molecule has 1 aromatic rings. The van der Waals surface area contributed by atoms with Crippen LogP contribution in [0.5, 0.6) is 5.75 Å². The van der Waals surface area contributed by atoms with Crippen LogP contribution in [0.1, 0.15) is 22.3 Å². The maximum atomic E-state index is 13.6. The summed E-state index contributed by atoms with van der Waals surface area (Å²) >= 11 is 2.06. The number of nitrogens with one attached hydrogen (secondary N) is 1. The summed E-state index contributed by atoms with van der Waals surface area (Å²) in [6.07, 6.45) is 0.364. The number of phenolic OH excluding ortho intramolecular Hbond substituents is 1. The maximum absolute atomic E-state index is 13.6. The Morgan fingerprint density at radius 1 is 1.19 bits per heavy atom. The second kappa shape index (κ2) is 7.70. The number of aliphatic hydroxyl groups is 1. The molecule has 2 saturated carbocycles. The Labute approximate surface area is 197 Å². The molecule has 3 aliphatic rings. The first-order valence-corrected chi connectivity index (χ1v) is 11.3. The van der Waals surface area contributed by atoms with Crippen LogP contribution in [0.15, 0.2) is 12.1 Å². The van der Waals surface area contributed by atoms with Gasteiger partial charge in [0.05, 0.1) is 17.5 Å². The molecule has 170 valence electrons. The molecule has 6 atom stereocenters. The minimum atomic E-state index is -2.65. The van der Waals surface area contributed by atoms with Crippen molar-refractivity contribution in [1.82, 2.24) is 10.2 Å². The second-order valence-corrected chi connectivity index (χ2v) is 10.1. The molecule has 2 fully saturated rings. The third-order valence-electron chi connectivity index (χ3n) is 7.11. The Hall–Kier alpha value is -2.18. The molecule has 9 nitrogen and oxygen atoms in total. The van der Waals surface area contributed by atoms with Crippen molar-refractivity contribution < 1.29 is 34.2 Å². The van der Waals surface area contributed by atoms with Crippen LogP contribution in [0.3, 0.4) is 0 Å². The minimum absolute atomic E-state index is 0.0277. The van der Waals surface area contributed by atoms with Gasteiger partial charge in [0, 0.05) is 16.5 Å². The van der Waals surface area contributed by atoms with E-state index in [0.29, 0.717) is 5.56 Å². The zero-order valence-corrected chi connectivity index (χ0v) is 19.9. The van der Waals surface area contributed by atoms with Gasteiger partial charge in [-0.25, -0.2) is 0 Å². The molecule has 10 heteroatoms. The number of aromatic hydroxyl groups is 1. The molecule has 0 saturated heterocycles. The van der Waals surface area contributed by atoms with E-state index in [9.17, 15) is 34.2 Å². The van der Waals surface area contributed by atoms with Crippen LogP contribution < -0.4 is 5.32 Å². The number of likely N-dealkylation sites (N-methyl/N-ethyl adjacent to an activating group) is 1. The fourth-order valence-corrected chi connectivity index (χ4v) is 6.36. The molecule has 1 aromatic carbocycles. The molecule has 3 aliphatic carbocycles. The number of benzene rings is 1. The highest BCUT2D eigenvalue weighted by Crippen LogP contribution is 2.51. The highest BCUT2D eigenvalue weighted by Gasteiger charge is 2.69. The molecule has 0 radical (unpaired) electrons. The Balaban J connectivity index is 1.88. The van der Waals surface area contributed by atoms with Crippen LogP contribution in [-0.2, 0) is 25.6 Å². The lowest BCUT2D eigenvalue weighted by atomic mass is 9.52. The zero-order valence-electron chi connectivity index (χ0n) is 17.7. The van der Waals surface area contributed by atoms with E-state index < -0.39 is 64.4 Å². The number of nitrogens with zero attached hydrogens (tertiary/aromatic N) is 1. The molecular formula is C22H23IN2O7. The Kier molecular flexibility index (Phi) is 5.53. The van der Waals surface area contributed by atoms with Crippen LogP contribution in [0, 0.1) is 27.2 Å². The van der Waals surface area contributed by atoms with Gasteiger partial charge in [-0.2, -0.15) is 0 Å². The van der Waals surface area contributed by atoms with Gasteiger partial charge in [-0.3, -0.25) is 28.9 Å². The van der Waals surface area contributed by atoms with Gasteiger partial charge in [0.2, 0.25) is 5.91 Å². The summed E-state index contributed by atoms with van der Waals surface area (Å²) in [5.41, 5.74) is -2.00. The van der Waals surface area contributed by atoms with Crippen molar-refractivity contribution >= 4 is 51.6 Å². The number of rotatable bonds is 2. The van der Waals surface area contributed by atoms with Crippen LogP contribution in [0.4, 0.5) is 0 Å². The van der Waals surface area contributed by atoms with Crippen molar-refractivity contribution in [2.24, 2.45) is 23.7 Å². The quantitative estimate of drug-likeness (QED) is 0.336. The summed E-state index contributed by atoms with van der Waals surface area (Å²) in [4.78, 5) is 67.3. The summed E-state index contributed by atoms with van der Waals surface area (Å²) in [7, 11) is 4.42. The molecule has 4 rings (SSSR count). The average Bonchev–Trinajstić information content (AvgIpc) is 2.73. The number of hydrogen-bond acceptors (Lipinski definition) is 8. The molecule has 2 unspecified atom stereocenters. The lowest BCUT2D eigenvalue weighted by molar-refractivity contribution is -0.181. The van der Waals surface area contributed by atoms with Crippen molar-refractivity contribution in [3.8, 4) is 5.75 Å². The Morgan fingerprint density at radius 3 is 2.44 bits per heavy atom. The average molecular weight is 554 g/mol. The normalized spacial score (nSPS) is 34.1. The Bertz CT molecular complexity index is 1080. The van der Waals surface area contributed by atoms with E-state index in [2.05, 4.69) is 27.9 Å². The highest BCUT2D eigenvalue weighted by atomic mass is 127. The summed E-state index contributed by atoms with van der Waals surface area (Å²) in [5.74, 6) is -9.45. The Morgan fingerprint density at radius 2 is 1.84 bits per heavy atom. The summed E-state index contributed by atoms with van der Waals surface area (Å²) < 4.78 is 0.759. The zero-order chi connectivity index (χ0) is 23.7. The van der Waals surface area contributed by atoms with E-state index in [1.165, 1.54) is 18.0 Å². The molecule has 0 bridgehead atoms. The van der Waals surface area contributed by atoms with Crippen LogP contribution in [0.25, 0.3) is 0 Å². The smallest absolute Gasteiger partial charge is 0.238 e. The van der Waals surface area contributed by atoms with Gasteiger partial charge >= 0.3 is 0 Å². The number of halogens is 1. The lowest BCUT2D eigenvalue weighted by Crippen LogP contribution is -2.74. The van der Waals surface area contributed by atoms with Gasteiger partial charge in [-0.1, -0.05) is 0 Å². The molecule has 0 aromatic heterocycles. The predicted molar refractivity (Wildman–Crippen MR) is 119 cm³/mol. The first-order chi connectivity index (χ1) is 15.0. The topological polar surface area (TPSA) is 141 Å². The fraction of sp³-hybridized carbons (Fsp3) is 0.500. The largest absolute Gasteiger partial charge is 0.507 e. The van der Waals surface area contributed by atoms with E-state index >= 15 is 0 Å². The van der Waals surface area contributed by atoms with Gasteiger partial charge in [0.1, 0.15) is 5.75 Å². The van der Waals surface area contributed by atoms with E-state index in [4.69, 9.17) is 0 Å². The SMILES string of the molecule is CNC(=O)C1C(=O)[C@H](N(C)C)[C@H]2C[C@H]3Cc4c(I)ccc(O)c4C(=O)C3C(=O)[C@@]2(O)C1=O. The second-order valence-electron chi connectivity index (χ2n) is 8.92. The van der Waals surface area contributed by atoms with E-state index in [-0.39, 0.29) is 24.2 Å². The first kappa shape index (κ1) is 23.0. The third kappa shape index (κ3) is 2.92. The molecule has 32 heavy (non-hydrogen) atoms. The van der Waals surface area contributed by atoms with Crippen molar-refractivity contribution in [1.29, 1.82) is 0 Å². The number of hydrogen-bond donors (Lipinski definition) is 3.